The molecule has 0 saturated carbocycles. The van der Waals surface area contributed by atoms with E-state index in [0.717, 1.165) is 6.21 Å². The molecule has 1 heterocycles. The third-order valence-corrected chi connectivity index (χ3v) is 2.15. The first-order valence-corrected chi connectivity index (χ1v) is 4.64. The van der Waals surface area contributed by atoms with E-state index in [1.807, 2.05) is 6.92 Å². The number of carbonyl (C=O) groups is 1. The highest BCUT2D eigenvalue weighted by molar-refractivity contribution is 6.25. The molecule has 0 aromatic carbocycles. The zero-order chi connectivity index (χ0) is 10.4. The van der Waals surface area contributed by atoms with Crippen LogP contribution in [0, 0.1) is 0 Å². The molecule has 0 bridgehead atoms. The molecule has 1 aliphatic heterocycles. The van der Waals surface area contributed by atoms with Gasteiger partial charge < -0.3 is 15.0 Å². The topological polar surface area (TPSA) is 71.9 Å². The fraction of sp³-hybridized carbons (Fsp3) is 0.778. The molecule has 0 spiro atoms. The highest BCUT2D eigenvalue weighted by Crippen LogP contribution is 2.24. The lowest BCUT2D eigenvalue weighted by atomic mass is 10.1. The van der Waals surface area contributed by atoms with Gasteiger partial charge in [-0.15, -0.1) is 0 Å². The molecule has 0 unspecified atom stereocenters. The smallest absolute Gasteiger partial charge is 0.323 e. The lowest BCUT2D eigenvalue weighted by Gasteiger charge is -2.21. The summed E-state index contributed by atoms with van der Waals surface area (Å²) in [5.74, 6) is -0.717. The van der Waals surface area contributed by atoms with Gasteiger partial charge in [0, 0.05) is 12.8 Å². The minimum atomic E-state index is -0.531. The normalized spacial score (nSPS) is 18.9. The third kappa shape index (κ3) is 3.38. The Morgan fingerprint density at radius 3 is 2.79 bits per heavy atom. The first kappa shape index (κ1) is 11.0. The van der Waals surface area contributed by atoms with E-state index >= 15 is 0 Å². The van der Waals surface area contributed by atoms with Crippen molar-refractivity contribution in [2.75, 3.05) is 13.2 Å². The molecule has 1 fully saturated rings. The average molecular weight is 198 g/mol. The maximum absolute atomic E-state index is 10.9. The van der Waals surface area contributed by atoms with Gasteiger partial charge in [-0.2, -0.15) is 4.79 Å². The Morgan fingerprint density at radius 1 is 1.57 bits per heavy atom. The van der Waals surface area contributed by atoms with Crippen molar-refractivity contribution < 1.29 is 19.1 Å². The van der Waals surface area contributed by atoms with Crippen molar-refractivity contribution in [3.8, 4) is 0 Å². The van der Waals surface area contributed by atoms with Crippen LogP contribution in [0.25, 0.3) is 5.53 Å². The second-order valence-corrected chi connectivity index (χ2v) is 3.40. The Morgan fingerprint density at radius 2 is 2.21 bits per heavy atom. The Kier molecular flexibility index (Phi) is 3.95. The van der Waals surface area contributed by atoms with Crippen LogP contribution in [0.15, 0.2) is 0 Å². The fourth-order valence-corrected chi connectivity index (χ4v) is 1.41. The van der Waals surface area contributed by atoms with E-state index in [1.165, 1.54) is 0 Å². The number of carbonyl (C=O) groups excluding carboxylic acids is 1. The summed E-state index contributed by atoms with van der Waals surface area (Å²) >= 11 is 0. The van der Waals surface area contributed by atoms with Crippen molar-refractivity contribution in [3.05, 3.63) is 5.53 Å². The Bertz CT molecular complexity index is 253. The van der Waals surface area contributed by atoms with Crippen molar-refractivity contribution in [1.82, 2.24) is 0 Å². The van der Waals surface area contributed by atoms with Crippen LogP contribution in [0.2, 0.25) is 0 Å². The maximum atomic E-state index is 10.9. The van der Waals surface area contributed by atoms with Gasteiger partial charge >= 0.3 is 6.21 Å². The number of ketones is 1. The van der Waals surface area contributed by atoms with Crippen molar-refractivity contribution in [2.24, 2.45) is 0 Å². The monoisotopic (exact) mass is 198 g/mol. The molecule has 5 heteroatoms. The van der Waals surface area contributed by atoms with E-state index in [-0.39, 0.29) is 5.78 Å². The van der Waals surface area contributed by atoms with E-state index < -0.39 is 5.79 Å². The number of ether oxygens (including phenoxy) is 2. The molecule has 0 aromatic heterocycles. The van der Waals surface area contributed by atoms with Gasteiger partial charge in [-0.1, -0.05) is 0 Å². The lowest BCUT2D eigenvalue weighted by molar-refractivity contribution is -0.148. The molecule has 0 atom stereocenters. The number of hydrogen-bond donors (Lipinski definition) is 0. The lowest BCUT2D eigenvalue weighted by Crippen LogP contribution is -2.25. The van der Waals surface area contributed by atoms with E-state index in [2.05, 4.69) is 4.79 Å². The Hall–Kier alpha value is -1.03. The largest absolute Gasteiger partial charge is 0.361 e. The van der Waals surface area contributed by atoms with Crippen LogP contribution in [-0.4, -0.2) is 35.8 Å². The van der Waals surface area contributed by atoms with Crippen LogP contribution in [0.5, 0.6) is 0 Å². The first-order valence-electron chi connectivity index (χ1n) is 4.64. The highest BCUT2D eigenvalue weighted by Gasteiger charge is 2.30. The first-order chi connectivity index (χ1) is 6.66. The minimum absolute atomic E-state index is 0.186. The summed E-state index contributed by atoms with van der Waals surface area (Å²) in [6.45, 7) is 3.09. The predicted octanol–water partition coefficient (Wildman–Crippen LogP) is 0.789. The molecular formula is C9H14N2O3. The molecule has 0 aliphatic carbocycles. The molecule has 5 nitrogen and oxygen atoms in total. The summed E-state index contributed by atoms with van der Waals surface area (Å²) in [6, 6.07) is 0. The quantitative estimate of drug-likeness (QED) is 0.372. The maximum Gasteiger partial charge on any atom is 0.323 e. The molecule has 14 heavy (non-hydrogen) atoms. The average Bonchev–Trinajstić information content (AvgIpc) is 2.53. The van der Waals surface area contributed by atoms with E-state index in [4.69, 9.17) is 15.0 Å². The van der Waals surface area contributed by atoms with Crippen molar-refractivity contribution in [2.45, 2.75) is 32.0 Å². The van der Waals surface area contributed by atoms with Gasteiger partial charge in [0.15, 0.2) is 5.79 Å². The highest BCUT2D eigenvalue weighted by atomic mass is 16.7. The van der Waals surface area contributed by atoms with E-state index in [0.29, 0.717) is 32.5 Å². The van der Waals surface area contributed by atoms with Gasteiger partial charge in [-0.05, 0) is 13.3 Å². The number of nitrogens with zero attached hydrogens (tertiary/aromatic N) is 2. The molecule has 0 radical (unpaired) electrons. The van der Waals surface area contributed by atoms with Crippen LogP contribution in [0.1, 0.15) is 26.2 Å². The fourth-order valence-electron chi connectivity index (χ4n) is 1.41. The number of rotatable bonds is 5. The summed E-state index contributed by atoms with van der Waals surface area (Å²) in [5.41, 5.74) is 8.10. The van der Waals surface area contributed by atoms with Crippen LogP contribution >= 0.6 is 0 Å². The van der Waals surface area contributed by atoms with Crippen LogP contribution in [0.3, 0.4) is 0 Å². The van der Waals surface area contributed by atoms with Gasteiger partial charge in [0.05, 0.1) is 13.2 Å². The number of hydrogen-bond acceptors (Lipinski definition) is 3. The summed E-state index contributed by atoms with van der Waals surface area (Å²) in [5, 5.41) is 0. The van der Waals surface area contributed by atoms with Gasteiger partial charge in [-0.3, -0.25) is 4.79 Å². The summed E-state index contributed by atoms with van der Waals surface area (Å²) in [6.07, 6.45) is 2.62. The second kappa shape index (κ2) is 5.00. The van der Waals surface area contributed by atoms with Crippen molar-refractivity contribution >= 4 is 12.0 Å². The molecule has 0 aromatic rings. The SMILES string of the molecule is CC1(CCCC(=O)C=[N+]=[N-])OCCO1. The van der Waals surface area contributed by atoms with Crippen molar-refractivity contribution in [1.29, 1.82) is 0 Å². The van der Waals surface area contributed by atoms with E-state index in [9.17, 15) is 4.79 Å². The zero-order valence-electron chi connectivity index (χ0n) is 8.23. The molecule has 0 N–H and O–H groups in total. The zero-order valence-corrected chi connectivity index (χ0v) is 8.23. The minimum Gasteiger partial charge on any atom is -0.361 e. The van der Waals surface area contributed by atoms with Crippen molar-refractivity contribution in [3.63, 3.8) is 0 Å². The summed E-state index contributed by atoms with van der Waals surface area (Å²) < 4.78 is 10.7. The molecule has 0 amide bonds. The van der Waals surface area contributed by atoms with E-state index in [1.54, 1.807) is 0 Å². The van der Waals surface area contributed by atoms with Gasteiger partial charge in [0.2, 0.25) is 5.78 Å². The standard InChI is InChI=1S/C9H14N2O3/c1-9(13-5-6-14-9)4-2-3-8(12)7-11-10/h7H,2-6H2,1H3. The second-order valence-electron chi connectivity index (χ2n) is 3.40. The molecule has 1 rings (SSSR count). The Balaban J connectivity index is 2.20. The van der Waals surface area contributed by atoms with Gasteiger partial charge in [-0.25, -0.2) is 0 Å². The number of Topliss-reactive ketones (excluding diaryl/α,β-unsaturated/α-hetero) is 1. The molecule has 78 valence electrons. The van der Waals surface area contributed by atoms with Crippen LogP contribution in [-0.2, 0) is 14.3 Å². The third-order valence-electron chi connectivity index (χ3n) is 2.15. The summed E-state index contributed by atoms with van der Waals surface area (Å²) in [7, 11) is 0. The molecular weight excluding hydrogens is 184 g/mol. The molecule has 1 saturated heterocycles. The van der Waals surface area contributed by atoms with Crippen LogP contribution < -0.4 is 0 Å². The van der Waals surface area contributed by atoms with Gasteiger partial charge in [0.25, 0.3) is 0 Å². The summed E-state index contributed by atoms with van der Waals surface area (Å²) in [4.78, 5) is 13.6. The predicted molar refractivity (Wildman–Crippen MR) is 48.9 cm³/mol. The van der Waals surface area contributed by atoms with Gasteiger partial charge in [0.1, 0.15) is 0 Å². The Labute approximate surface area is 82.6 Å². The van der Waals surface area contributed by atoms with Crippen LogP contribution in [0.4, 0.5) is 0 Å². The molecule has 1 aliphatic rings.